The molecule has 21 heavy (non-hydrogen) atoms. The number of benzene rings is 1. The number of rotatable bonds is 6. The summed E-state index contributed by atoms with van der Waals surface area (Å²) >= 11 is 0. The Morgan fingerprint density at radius 3 is 2.19 bits per heavy atom. The maximum atomic E-state index is 9.71. The Balaban J connectivity index is 2.04. The second kappa shape index (κ2) is 7.23. The highest BCUT2D eigenvalue weighted by Gasteiger charge is 2.07. The molecule has 0 radical (unpaired) electrons. The molecule has 1 heterocycles. The maximum Gasteiger partial charge on any atom is 0.145 e. The summed E-state index contributed by atoms with van der Waals surface area (Å²) in [5, 5.41) is 9.71. The number of ether oxygens (including phenoxy) is 1. The summed E-state index contributed by atoms with van der Waals surface area (Å²) < 4.78 is 5.77. The first kappa shape index (κ1) is 15.5. The van der Waals surface area contributed by atoms with Crippen LogP contribution < -0.4 is 4.74 Å². The predicted octanol–water partition coefficient (Wildman–Crippen LogP) is 4.83. The van der Waals surface area contributed by atoms with Crippen LogP contribution in [0.3, 0.4) is 0 Å². The topological polar surface area (TPSA) is 42.4 Å². The monoisotopic (exact) mass is 285 g/mol. The first-order valence-electron chi connectivity index (χ1n) is 7.55. The molecular formula is C18H23NO2. The third-order valence-corrected chi connectivity index (χ3v) is 3.78. The van der Waals surface area contributed by atoms with Crippen molar-refractivity contribution in [3.8, 4) is 11.5 Å². The fourth-order valence-electron chi connectivity index (χ4n) is 2.09. The Morgan fingerprint density at radius 2 is 1.67 bits per heavy atom. The molecule has 0 aliphatic carbocycles. The average Bonchev–Trinajstić information content (AvgIpc) is 2.55. The fraction of sp³-hybridized carbons (Fsp3) is 0.389. The maximum absolute atomic E-state index is 9.71. The molecule has 0 bridgehead atoms. The van der Waals surface area contributed by atoms with E-state index in [0.717, 1.165) is 12.2 Å². The number of aliphatic hydroxyl groups is 1. The van der Waals surface area contributed by atoms with Gasteiger partial charge in [-0.25, -0.2) is 0 Å². The van der Waals surface area contributed by atoms with Crippen LogP contribution >= 0.6 is 0 Å². The minimum absolute atomic E-state index is 0.506. The molecule has 3 heteroatoms. The van der Waals surface area contributed by atoms with E-state index in [1.165, 1.54) is 5.56 Å². The van der Waals surface area contributed by atoms with Crippen molar-refractivity contribution in [2.24, 2.45) is 0 Å². The minimum Gasteiger partial charge on any atom is -0.456 e. The van der Waals surface area contributed by atoms with Gasteiger partial charge in [-0.3, -0.25) is 4.98 Å². The third-order valence-electron chi connectivity index (χ3n) is 3.78. The normalized spacial score (nSPS) is 13.7. The van der Waals surface area contributed by atoms with E-state index in [0.29, 0.717) is 23.8 Å². The van der Waals surface area contributed by atoms with Crippen LogP contribution in [0.1, 0.15) is 56.9 Å². The molecule has 0 aliphatic rings. The van der Waals surface area contributed by atoms with E-state index in [-0.39, 0.29) is 0 Å². The van der Waals surface area contributed by atoms with Gasteiger partial charge in [-0.2, -0.15) is 0 Å². The molecule has 2 aromatic rings. The molecule has 0 amide bonds. The molecule has 0 saturated carbocycles. The summed E-state index contributed by atoms with van der Waals surface area (Å²) in [4.78, 5) is 4.23. The Morgan fingerprint density at radius 1 is 1.00 bits per heavy atom. The van der Waals surface area contributed by atoms with Gasteiger partial charge in [0, 0.05) is 0 Å². The molecule has 1 aromatic carbocycles. The molecule has 0 saturated heterocycles. The molecular weight excluding hydrogens is 262 g/mol. The zero-order chi connectivity index (χ0) is 15.2. The van der Waals surface area contributed by atoms with Crippen molar-refractivity contribution in [1.82, 2.24) is 4.98 Å². The molecule has 0 aliphatic heterocycles. The lowest BCUT2D eigenvalue weighted by Crippen LogP contribution is -1.98. The molecule has 0 fully saturated rings. The summed E-state index contributed by atoms with van der Waals surface area (Å²) in [7, 11) is 0. The molecule has 0 spiro atoms. The van der Waals surface area contributed by atoms with Gasteiger partial charge in [0.25, 0.3) is 0 Å². The quantitative estimate of drug-likeness (QED) is 0.826. The second-order valence-corrected chi connectivity index (χ2v) is 5.32. The first-order valence-corrected chi connectivity index (χ1v) is 7.55. The minimum atomic E-state index is -0.506. The Kier molecular flexibility index (Phi) is 5.34. The van der Waals surface area contributed by atoms with Crippen LogP contribution in [0.15, 0.2) is 42.6 Å². The van der Waals surface area contributed by atoms with E-state index in [1.54, 1.807) is 12.3 Å². The molecule has 2 atom stereocenters. The molecule has 1 unspecified atom stereocenters. The SMILES string of the molecule is CCC(C)c1ccc(Oc2ccc([C@@H](O)CC)nc2)cc1. The fourth-order valence-corrected chi connectivity index (χ4v) is 2.09. The van der Waals surface area contributed by atoms with Gasteiger partial charge in [0.2, 0.25) is 0 Å². The van der Waals surface area contributed by atoms with Gasteiger partial charge in [0.1, 0.15) is 11.5 Å². The van der Waals surface area contributed by atoms with Crippen molar-refractivity contribution in [1.29, 1.82) is 0 Å². The van der Waals surface area contributed by atoms with Gasteiger partial charge in [-0.1, -0.05) is 32.9 Å². The van der Waals surface area contributed by atoms with Crippen LogP contribution in [0.5, 0.6) is 11.5 Å². The van der Waals surface area contributed by atoms with Crippen LogP contribution in [0.2, 0.25) is 0 Å². The second-order valence-electron chi connectivity index (χ2n) is 5.32. The molecule has 112 valence electrons. The Hall–Kier alpha value is -1.87. The van der Waals surface area contributed by atoms with Gasteiger partial charge in [-0.15, -0.1) is 0 Å². The third kappa shape index (κ3) is 4.05. The highest BCUT2D eigenvalue weighted by molar-refractivity contribution is 5.33. The lowest BCUT2D eigenvalue weighted by atomic mass is 9.99. The number of hydrogen-bond donors (Lipinski definition) is 1. The van der Waals surface area contributed by atoms with Crippen LogP contribution in [0, 0.1) is 0 Å². The molecule has 1 N–H and O–H groups in total. The van der Waals surface area contributed by atoms with Crippen molar-refractivity contribution >= 4 is 0 Å². The van der Waals surface area contributed by atoms with Gasteiger partial charge in [0.15, 0.2) is 0 Å². The standard InChI is InChI=1S/C18H23NO2/c1-4-13(3)14-6-8-15(9-7-14)21-16-10-11-17(19-12-16)18(20)5-2/h6-13,18,20H,4-5H2,1-3H3/t13?,18-/m0/s1. The van der Waals surface area contributed by atoms with E-state index in [1.807, 2.05) is 25.1 Å². The average molecular weight is 285 g/mol. The summed E-state index contributed by atoms with van der Waals surface area (Å²) in [6.07, 6.45) is 2.93. The molecule has 3 nitrogen and oxygen atoms in total. The smallest absolute Gasteiger partial charge is 0.145 e. The van der Waals surface area contributed by atoms with Gasteiger partial charge in [0.05, 0.1) is 18.0 Å². The van der Waals surface area contributed by atoms with Crippen LogP contribution in [0.4, 0.5) is 0 Å². The number of aromatic nitrogens is 1. The number of aliphatic hydroxyl groups excluding tert-OH is 1. The molecule has 2 rings (SSSR count). The summed E-state index contributed by atoms with van der Waals surface area (Å²) in [6.45, 7) is 6.33. The van der Waals surface area contributed by atoms with E-state index >= 15 is 0 Å². The summed E-state index contributed by atoms with van der Waals surface area (Å²) in [6, 6.07) is 11.8. The largest absolute Gasteiger partial charge is 0.456 e. The van der Waals surface area contributed by atoms with Gasteiger partial charge in [-0.05, 0) is 48.6 Å². The lowest BCUT2D eigenvalue weighted by molar-refractivity contribution is 0.169. The van der Waals surface area contributed by atoms with Crippen molar-refractivity contribution in [3.63, 3.8) is 0 Å². The van der Waals surface area contributed by atoms with E-state index in [2.05, 4.69) is 31.0 Å². The zero-order valence-corrected chi connectivity index (χ0v) is 12.9. The number of nitrogens with zero attached hydrogens (tertiary/aromatic N) is 1. The van der Waals surface area contributed by atoms with Crippen LogP contribution in [0.25, 0.3) is 0 Å². The Labute approximate surface area is 126 Å². The van der Waals surface area contributed by atoms with E-state index in [4.69, 9.17) is 4.74 Å². The Bertz CT molecular complexity index is 497. The zero-order valence-electron chi connectivity index (χ0n) is 12.9. The highest BCUT2D eigenvalue weighted by Crippen LogP contribution is 2.25. The number of pyridine rings is 1. The van der Waals surface area contributed by atoms with Gasteiger partial charge < -0.3 is 9.84 Å². The number of hydrogen-bond acceptors (Lipinski definition) is 3. The highest BCUT2D eigenvalue weighted by atomic mass is 16.5. The summed E-state index contributed by atoms with van der Waals surface area (Å²) in [5.74, 6) is 2.04. The van der Waals surface area contributed by atoms with Crippen molar-refractivity contribution in [2.45, 2.75) is 45.6 Å². The van der Waals surface area contributed by atoms with Crippen molar-refractivity contribution in [2.75, 3.05) is 0 Å². The van der Waals surface area contributed by atoms with E-state index < -0.39 is 6.10 Å². The van der Waals surface area contributed by atoms with E-state index in [9.17, 15) is 5.11 Å². The van der Waals surface area contributed by atoms with Crippen molar-refractivity contribution < 1.29 is 9.84 Å². The van der Waals surface area contributed by atoms with Crippen molar-refractivity contribution in [3.05, 3.63) is 53.9 Å². The molecule has 1 aromatic heterocycles. The summed E-state index contributed by atoms with van der Waals surface area (Å²) in [5.41, 5.74) is 2.00. The van der Waals surface area contributed by atoms with Gasteiger partial charge >= 0.3 is 0 Å². The lowest BCUT2D eigenvalue weighted by Gasteiger charge is -2.11. The van der Waals surface area contributed by atoms with Crippen LogP contribution in [-0.4, -0.2) is 10.1 Å². The first-order chi connectivity index (χ1) is 10.1. The predicted molar refractivity (Wildman–Crippen MR) is 84.7 cm³/mol. The van der Waals surface area contributed by atoms with Crippen LogP contribution in [-0.2, 0) is 0 Å².